The Balaban J connectivity index is 1.67. The lowest BCUT2D eigenvalue weighted by atomic mass is 9.95. The van der Waals surface area contributed by atoms with Gasteiger partial charge in [-0.1, -0.05) is 11.6 Å². The van der Waals surface area contributed by atoms with Crippen LogP contribution in [-0.4, -0.2) is 65.2 Å². The van der Waals surface area contributed by atoms with Crippen LogP contribution in [0.2, 0.25) is 5.02 Å². The first kappa shape index (κ1) is 18.1. The minimum absolute atomic E-state index is 0.0334. The van der Waals surface area contributed by atoms with E-state index in [2.05, 4.69) is 0 Å². The Hall–Kier alpha value is -1.66. The highest BCUT2D eigenvalue weighted by molar-refractivity contribution is 6.30. The lowest BCUT2D eigenvalue weighted by Gasteiger charge is -2.35. The first-order valence-electron chi connectivity index (χ1n) is 8.60. The smallest absolute Gasteiger partial charge is 0.253 e. The minimum atomic E-state index is -1.09. The van der Waals surface area contributed by atoms with Crippen LogP contribution in [0.4, 0.5) is 4.39 Å². The minimum Gasteiger partial charge on any atom is -0.394 e. The molecule has 2 aliphatic rings. The molecule has 1 aromatic rings. The number of hydrogen-bond acceptors (Lipinski definition) is 3. The van der Waals surface area contributed by atoms with E-state index in [-0.39, 0.29) is 37.3 Å². The van der Waals surface area contributed by atoms with Gasteiger partial charge in [0.05, 0.1) is 25.1 Å². The molecule has 2 amide bonds. The Morgan fingerprint density at radius 3 is 2.64 bits per heavy atom. The monoisotopic (exact) mass is 368 g/mol. The Bertz CT molecular complexity index is 640. The molecule has 7 heteroatoms. The number of likely N-dealkylation sites (tertiary alicyclic amines) is 2. The molecule has 2 aliphatic heterocycles. The second-order valence-corrected chi connectivity index (χ2v) is 7.19. The van der Waals surface area contributed by atoms with Crippen LogP contribution in [0.25, 0.3) is 0 Å². The van der Waals surface area contributed by atoms with Crippen LogP contribution in [-0.2, 0) is 4.79 Å². The fraction of sp³-hybridized carbons (Fsp3) is 0.556. The number of halogens is 2. The number of benzene rings is 1. The molecular weight excluding hydrogens is 347 g/mol. The molecule has 0 bridgehead atoms. The number of rotatable bonds is 3. The van der Waals surface area contributed by atoms with E-state index in [1.165, 1.54) is 4.90 Å². The number of piperidine rings is 1. The van der Waals surface area contributed by atoms with Gasteiger partial charge < -0.3 is 14.9 Å². The van der Waals surface area contributed by atoms with Crippen molar-refractivity contribution >= 4 is 23.4 Å². The predicted molar refractivity (Wildman–Crippen MR) is 92.2 cm³/mol. The van der Waals surface area contributed by atoms with Gasteiger partial charge in [-0.25, -0.2) is 4.39 Å². The standard InChI is InChI=1S/C18H22ClFN2O3/c19-14-5-3-12(4-6-14)17(24)21-7-1-2-13(9-21)18(25)22-10-15(20)8-16(22)11-23/h3-6,13,15-16,23H,1-2,7-11H2/t13?,15-,16-/m0/s1. The Morgan fingerprint density at radius 1 is 1.24 bits per heavy atom. The SMILES string of the molecule is O=C(c1ccc(Cl)cc1)N1CCCC(C(=O)N2C[C@@H](F)C[C@H]2CO)C1. The van der Waals surface area contributed by atoms with Crippen molar-refractivity contribution in [2.75, 3.05) is 26.2 Å². The van der Waals surface area contributed by atoms with Crippen molar-refractivity contribution in [3.8, 4) is 0 Å². The molecule has 136 valence electrons. The third-order valence-corrected chi connectivity index (χ3v) is 5.26. The summed E-state index contributed by atoms with van der Waals surface area (Å²) in [6, 6.07) is 6.22. The van der Waals surface area contributed by atoms with E-state index in [0.29, 0.717) is 30.1 Å². The molecule has 1 unspecified atom stereocenters. The van der Waals surface area contributed by atoms with Crippen LogP contribution in [0.5, 0.6) is 0 Å². The molecule has 25 heavy (non-hydrogen) atoms. The summed E-state index contributed by atoms with van der Waals surface area (Å²) < 4.78 is 13.6. The fourth-order valence-electron chi connectivity index (χ4n) is 3.68. The number of aliphatic hydroxyl groups is 1. The molecule has 2 saturated heterocycles. The number of hydrogen-bond donors (Lipinski definition) is 1. The van der Waals surface area contributed by atoms with Gasteiger partial charge in [-0.15, -0.1) is 0 Å². The van der Waals surface area contributed by atoms with E-state index < -0.39 is 12.2 Å². The highest BCUT2D eigenvalue weighted by Crippen LogP contribution is 2.26. The summed E-state index contributed by atoms with van der Waals surface area (Å²) in [6.07, 6.45) is 0.500. The van der Waals surface area contributed by atoms with Crippen molar-refractivity contribution in [1.82, 2.24) is 9.80 Å². The van der Waals surface area contributed by atoms with Gasteiger partial charge in [0, 0.05) is 30.1 Å². The van der Waals surface area contributed by atoms with Crippen molar-refractivity contribution in [2.24, 2.45) is 5.92 Å². The summed E-state index contributed by atoms with van der Waals surface area (Å²) in [6.45, 7) is 0.726. The number of nitrogens with zero attached hydrogens (tertiary/aromatic N) is 2. The van der Waals surface area contributed by atoms with Crippen LogP contribution in [0, 0.1) is 5.92 Å². The third-order valence-electron chi connectivity index (χ3n) is 5.01. The number of amides is 2. The summed E-state index contributed by atoms with van der Waals surface area (Å²) >= 11 is 5.85. The molecule has 0 spiro atoms. The number of aliphatic hydroxyl groups excluding tert-OH is 1. The predicted octanol–water partition coefficient (Wildman–Crippen LogP) is 2.12. The van der Waals surface area contributed by atoms with Gasteiger partial charge in [0.1, 0.15) is 6.17 Å². The van der Waals surface area contributed by atoms with E-state index in [1.807, 2.05) is 0 Å². The summed E-state index contributed by atoms with van der Waals surface area (Å²) in [5.41, 5.74) is 0.538. The summed E-state index contributed by atoms with van der Waals surface area (Å²) in [5, 5.41) is 9.94. The van der Waals surface area contributed by atoms with Gasteiger partial charge in [0.25, 0.3) is 5.91 Å². The molecule has 0 radical (unpaired) electrons. The zero-order chi connectivity index (χ0) is 18.0. The highest BCUT2D eigenvalue weighted by atomic mass is 35.5. The quantitative estimate of drug-likeness (QED) is 0.889. The van der Waals surface area contributed by atoms with Crippen LogP contribution < -0.4 is 0 Å². The summed E-state index contributed by atoms with van der Waals surface area (Å²) in [7, 11) is 0. The summed E-state index contributed by atoms with van der Waals surface area (Å²) in [4.78, 5) is 28.5. The van der Waals surface area contributed by atoms with Crippen molar-refractivity contribution in [3.63, 3.8) is 0 Å². The maximum atomic E-state index is 13.6. The van der Waals surface area contributed by atoms with Crippen LogP contribution >= 0.6 is 11.6 Å². The second kappa shape index (κ2) is 7.70. The molecule has 5 nitrogen and oxygen atoms in total. The number of alkyl halides is 1. The molecule has 1 aromatic carbocycles. The average Bonchev–Trinajstić information content (AvgIpc) is 3.02. The van der Waals surface area contributed by atoms with E-state index in [9.17, 15) is 19.1 Å². The number of carbonyl (C=O) groups excluding carboxylic acids is 2. The van der Waals surface area contributed by atoms with E-state index in [0.717, 1.165) is 6.42 Å². The molecule has 2 heterocycles. The van der Waals surface area contributed by atoms with Crippen LogP contribution in [0.1, 0.15) is 29.6 Å². The van der Waals surface area contributed by atoms with Crippen LogP contribution in [0.3, 0.4) is 0 Å². The van der Waals surface area contributed by atoms with Crippen molar-refractivity contribution in [2.45, 2.75) is 31.5 Å². The van der Waals surface area contributed by atoms with Crippen molar-refractivity contribution in [3.05, 3.63) is 34.9 Å². The Kier molecular flexibility index (Phi) is 5.59. The van der Waals surface area contributed by atoms with Gasteiger partial charge in [0.2, 0.25) is 5.91 Å². The topological polar surface area (TPSA) is 60.9 Å². The molecule has 1 N–H and O–H groups in total. The molecule has 0 aromatic heterocycles. The number of carbonyl (C=O) groups is 2. The molecule has 2 fully saturated rings. The molecule has 3 atom stereocenters. The van der Waals surface area contributed by atoms with E-state index in [4.69, 9.17) is 11.6 Å². The second-order valence-electron chi connectivity index (χ2n) is 6.76. The van der Waals surface area contributed by atoms with Gasteiger partial charge in [-0.05, 0) is 37.1 Å². The Labute approximate surface area is 151 Å². The van der Waals surface area contributed by atoms with Gasteiger partial charge in [-0.3, -0.25) is 9.59 Å². The lowest BCUT2D eigenvalue weighted by Crippen LogP contribution is -2.48. The van der Waals surface area contributed by atoms with Crippen LogP contribution in [0.15, 0.2) is 24.3 Å². The average molecular weight is 369 g/mol. The van der Waals surface area contributed by atoms with E-state index >= 15 is 0 Å². The van der Waals surface area contributed by atoms with Crippen molar-refractivity contribution in [1.29, 1.82) is 0 Å². The molecular formula is C18H22ClFN2O3. The summed E-state index contributed by atoms with van der Waals surface area (Å²) in [5.74, 6) is -0.630. The van der Waals surface area contributed by atoms with Gasteiger partial charge in [-0.2, -0.15) is 0 Å². The maximum Gasteiger partial charge on any atom is 0.253 e. The highest BCUT2D eigenvalue weighted by Gasteiger charge is 2.39. The first-order valence-corrected chi connectivity index (χ1v) is 8.97. The lowest BCUT2D eigenvalue weighted by molar-refractivity contribution is -0.138. The fourth-order valence-corrected chi connectivity index (χ4v) is 3.80. The molecule has 0 aliphatic carbocycles. The Morgan fingerprint density at radius 2 is 1.96 bits per heavy atom. The zero-order valence-electron chi connectivity index (χ0n) is 13.9. The zero-order valence-corrected chi connectivity index (χ0v) is 14.7. The normalized spacial score (nSPS) is 26.8. The van der Waals surface area contributed by atoms with Gasteiger partial charge >= 0.3 is 0 Å². The molecule has 0 saturated carbocycles. The van der Waals surface area contributed by atoms with E-state index in [1.54, 1.807) is 29.2 Å². The van der Waals surface area contributed by atoms with Gasteiger partial charge in [0.15, 0.2) is 0 Å². The maximum absolute atomic E-state index is 13.6. The molecule has 3 rings (SSSR count). The first-order chi connectivity index (χ1) is 12.0. The van der Waals surface area contributed by atoms with Crippen molar-refractivity contribution < 1.29 is 19.1 Å². The largest absolute Gasteiger partial charge is 0.394 e. The third kappa shape index (κ3) is 3.96.